The molecular weight excluding hydrogens is 563 g/mol. The van der Waals surface area contributed by atoms with Crippen LogP contribution in [0.3, 0.4) is 0 Å². The topological polar surface area (TPSA) is 90.2 Å². The predicted octanol–water partition coefficient (Wildman–Crippen LogP) is 5.74. The van der Waals surface area contributed by atoms with Gasteiger partial charge in [0.15, 0.2) is 5.65 Å². The van der Waals surface area contributed by atoms with Crippen molar-refractivity contribution in [1.82, 2.24) is 19.9 Å². The highest BCUT2D eigenvalue weighted by atomic mass is 28.3. The molecule has 3 unspecified atom stereocenters. The Labute approximate surface area is 254 Å². The molecular formula is C31H53N5O4Si2. The van der Waals surface area contributed by atoms with Gasteiger partial charge in [-0.15, -0.1) is 0 Å². The zero-order valence-electron chi connectivity index (χ0n) is 27.3. The molecule has 11 heteroatoms. The number of carbonyl (C=O) groups is 1. The highest BCUT2D eigenvalue weighted by Gasteiger charge is 2.43. The van der Waals surface area contributed by atoms with Crippen LogP contribution in [0.25, 0.3) is 11.2 Å². The standard InChI is InChI=1S/C31H53N5O4Si2/c1-31(2,3)40-30(37)29-24-16-23(17-25(29)20-32-19-24)26-18-28(36-27(34-26)10-11-33-36)35(21-38-12-14-41(4,5)6)22-39-13-15-42(7,8)9/h10-11,16,18,24-25,29,32H,12-15,17,19-22H2,1-9H3. The molecule has 0 aromatic carbocycles. The fraction of sp³-hybridized carbons (Fsp3) is 0.710. The van der Waals surface area contributed by atoms with Crippen molar-refractivity contribution in [3.63, 3.8) is 0 Å². The summed E-state index contributed by atoms with van der Waals surface area (Å²) in [6, 6.07) is 6.28. The minimum Gasteiger partial charge on any atom is -0.460 e. The maximum Gasteiger partial charge on any atom is 0.310 e. The van der Waals surface area contributed by atoms with Crippen LogP contribution in [0.2, 0.25) is 51.4 Å². The Kier molecular flexibility index (Phi) is 10.4. The molecule has 234 valence electrons. The van der Waals surface area contributed by atoms with Gasteiger partial charge in [-0.1, -0.05) is 45.4 Å². The van der Waals surface area contributed by atoms with Gasteiger partial charge in [-0.05, 0) is 57.3 Å². The number of rotatable bonds is 13. The summed E-state index contributed by atoms with van der Waals surface area (Å²) in [7, 11) is -2.41. The van der Waals surface area contributed by atoms with Gasteiger partial charge in [0, 0.05) is 54.0 Å². The van der Waals surface area contributed by atoms with E-state index in [4.69, 9.17) is 19.2 Å². The van der Waals surface area contributed by atoms with E-state index >= 15 is 0 Å². The molecule has 42 heavy (non-hydrogen) atoms. The average molecular weight is 616 g/mol. The number of nitrogens with zero attached hydrogens (tertiary/aromatic N) is 4. The number of piperidine rings is 1. The van der Waals surface area contributed by atoms with Crippen molar-refractivity contribution in [1.29, 1.82) is 0 Å². The zero-order chi connectivity index (χ0) is 30.7. The van der Waals surface area contributed by atoms with E-state index in [1.54, 1.807) is 6.20 Å². The number of allylic oxidation sites excluding steroid dienone is 1. The Morgan fingerprint density at radius 1 is 1.05 bits per heavy atom. The third kappa shape index (κ3) is 9.22. The Balaban J connectivity index is 1.61. The number of hydrogen-bond donors (Lipinski definition) is 1. The summed E-state index contributed by atoms with van der Waals surface area (Å²) in [5.74, 6) is 0.907. The SMILES string of the molecule is CC(C)(C)OC(=O)C1C2C=C(c3cc(N(COCC[Si](C)(C)C)COCC[Si](C)(C)C)n4nccc4n3)CC1CNC2. The Morgan fingerprint density at radius 2 is 1.69 bits per heavy atom. The monoisotopic (exact) mass is 615 g/mol. The lowest BCUT2D eigenvalue weighted by Crippen LogP contribution is -2.49. The quantitative estimate of drug-likeness (QED) is 0.132. The molecule has 1 aliphatic carbocycles. The fourth-order valence-electron chi connectivity index (χ4n) is 5.50. The van der Waals surface area contributed by atoms with Gasteiger partial charge in [-0.25, -0.2) is 4.98 Å². The van der Waals surface area contributed by atoms with Crippen molar-refractivity contribution in [2.45, 2.75) is 84.2 Å². The van der Waals surface area contributed by atoms with Crippen LogP contribution in [0.15, 0.2) is 24.4 Å². The van der Waals surface area contributed by atoms with E-state index in [2.05, 4.69) is 66.7 Å². The van der Waals surface area contributed by atoms with Crippen LogP contribution in [-0.4, -0.2) is 82.1 Å². The van der Waals surface area contributed by atoms with Gasteiger partial charge in [0.05, 0.1) is 17.8 Å². The van der Waals surface area contributed by atoms with Crippen LogP contribution in [0, 0.1) is 17.8 Å². The summed E-state index contributed by atoms with van der Waals surface area (Å²) < 4.78 is 20.2. The van der Waals surface area contributed by atoms with Crippen molar-refractivity contribution in [3.8, 4) is 0 Å². The van der Waals surface area contributed by atoms with Crippen LogP contribution >= 0.6 is 0 Å². The molecule has 1 N–H and O–H groups in total. The molecule has 2 aromatic rings. The van der Waals surface area contributed by atoms with E-state index in [-0.39, 0.29) is 23.7 Å². The first-order valence-electron chi connectivity index (χ1n) is 15.5. The first-order chi connectivity index (χ1) is 19.6. The highest BCUT2D eigenvalue weighted by molar-refractivity contribution is 6.76. The third-order valence-electron chi connectivity index (χ3n) is 7.81. The molecule has 3 atom stereocenters. The summed E-state index contributed by atoms with van der Waals surface area (Å²) >= 11 is 0. The van der Waals surface area contributed by atoms with Crippen molar-refractivity contribution < 1.29 is 19.0 Å². The van der Waals surface area contributed by atoms with Crippen molar-refractivity contribution >= 4 is 39.2 Å². The second-order valence-electron chi connectivity index (χ2n) is 15.4. The molecule has 9 nitrogen and oxygen atoms in total. The molecule has 1 saturated heterocycles. The molecule has 4 rings (SSSR count). The third-order valence-corrected chi connectivity index (χ3v) is 11.2. The van der Waals surface area contributed by atoms with E-state index < -0.39 is 21.7 Å². The average Bonchev–Trinajstić information content (AvgIpc) is 3.33. The van der Waals surface area contributed by atoms with Crippen LogP contribution in [-0.2, 0) is 19.0 Å². The van der Waals surface area contributed by atoms with E-state index in [1.807, 2.05) is 31.4 Å². The molecule has 1 fully saturated rings. The summed E-state index contributed by atoms with van der Waals surface area (Å²) in [5, 5.41) is 8.13. The van der Waals surface area contributed by atoms with E-state index in [0.717, 1.165) is 62.0 Å². The number of carbonyl (C=O) groups excluding carboxylic acids is 1. The number of fused-ring (bicyclic) bond motifs is 3. The number of anilines is 1. The molecule has 2 bridgehead atoms. The highest BCUT2D eigenvalue weighted by Crippen LogP contribution is 2.41. The second-order valence-corrected chi connectivity index (χ2v) is 26.6. The fourth-order valence-corrected chi connectivity index (χ4v) is 7.01. The molecule has 1 aliphatic heterocycles. The minimum atomic E-state index is -1.21. The largest absolute Gasteiger partial charge is 0.460 e. The van der Waals surface area contributed by atoms with E-state index in [1.165, 1.54) is 5.57 Å². The number of ether oxygens (including phenoxy) is 3. The van der Waals surface area contributed by atoms with E-state index in [0.29, 0.717) is 13.5 Å². The smallest absolute Gasteiger partial charge is 0.310 e. The van der Waals surface area contributed by atoms with Gasteiger partial charge in [0.2, 0.25) is 0 Å². The lowest BCUT2D eigenvalue weighted by Gasteiger charge is -2.41. The summed E-state index contributed by atoms with van der Waals surface area (Å²) in [5.41, 5.74) is 2.39. The number of aromatic nitrogens is 3. The van der Waals surface area contributed by atoms with Gasteiger partial charge >= 0.3 is 5.97 Å². The maximum absolute atomic E-state index is 13.2. The molecule has 2 aromatic heterocycles. The Bertz CT molecular complexity index is 1220. The normalized spacial score (nSPS) is 21.4. The van der Waals surface area contributed by atoms with Crippen LogP contribution in [0.1, 0.15) is 32.9 Å². The van der Waals surface area contributed by atoms with Gasteiger partial charge in [0.1, 0.15) is 24.9 Å². The van der Waals surface area contributed by atoms with Crippen molar-refractivity contribution in [3.05, 3.63) is 30.1 Å². The molecule has 0 amide bonds. The zero-order valence-corrected chi connectivity index (χ0v) is 29.3. The van der Waals surface area contributed by atoms with Gasteiger partial charge < -0.3 is 24.4 Å². The number of esters is 1. The Morgan fingerprint density at radius 3 is 2.26 bits per heavy atom. The van der Waals surface area contributed by atoms with Gasteiger partial charge in [-0.2, -0.15) is 9.61 Å². The van der Waals surface area contributed by atoms with Crippen LogP contribution in [0.5, 0.6) is 0 Å². The summed E-state index contributed by atoms with van der Waals surface area (Å²) in [6.45, 7) is 23.9. The molecule has 0 saturated carbocycles. The molecule has 0 radical (unpaired) electrons. The lowest BCUT2D eigenvalue weighted by molar-refractivity contribution is -0.164. The molecule has 2 aliphatic rings. The second kappa shape index (κ2) is 13.3. The van der Waals surface area contributed by atoms with Crippen LogP contribution in [0.4, 0.5) is 5.82 Å². The Hall–Kier alpha value is -2.06. The number of nitrogens with one attached hydrogen (secondary N) is 1. The maximum atomic E-state index is 13.2. The summed E-state index contributed by atoms with van der Waals surface area (Å²) in [4.78, 5) is 20.3. The lowest BCUT2D eigenvalue weighted by atomic mass is 9.70. The van der Waals surface area contributed by atoms with Gasteiger partial charge in [-0.3, -0.25) is 4.79 Å². The number of hydrogen-bond acceptors (Lipinski definition) is 8. The first-order valence-corrected chi connectivity index (χ1v) is 22.9. The predicted molar refractivity (Wildman–Crippen MR) is 175 cm³/mol. The van der Waals surface area contributed by atoms with Gasteiger partial charge in [0.25, 0.3) is 0 Å². The van der Waals surface area contributed by atoms with Crippen molar-refractivity contribution in [2.75, 3.05) is 44.7 Å². The summed E-state index contributed by atoms with van der Waals surface area (Å²) in [6.07, 6.45) is 4.80. The minimum absolute atomic E-state index is 0.0691. The van der Waals surface area contributed by atoms with E-state index in [9.17, 15) is 4.79 Å². The van der Waals surface area contributed by atoms with Crippen LogP contribution < -0.4 is 10.2 Å². The molecule has 3 heterocycles. The van der Waals surface area contributed by atoms with Crippen molar-refractivity contribution in [2.24, 2.45) is 17.8 Å². The molecule has 0 spiro atoms. The first kappa shape index (κ1) is 32.8.